The number of benzene rings is 2. The molecule has 180 valence electrons. The summed E-state index contributed by atoms with van der Waals surface area (Å²) >= 11 is 0. The summed E-state index contributed by atoms with van der Waals surface area (Å²) in [6, 6.07) is 14.0. The monoisotopic (exact) mass is 467 g/mol. The lowest BCUT2D eigenvalue weighted by Gasteiger charge is -2.24. The highest BCUT2D eigenvalue weighted by atomic mass is 16.6. The maximum Gasteiger partial charge on any atom is 0.410 e. The second-order valence-corrected chi connectivity index (χ2v) is 8.63. The van der Waals surface area contributed by atoms with Gasteiger partial charge in [-0.2, -0.15) is 0 Å². The summed E-state index contributed by atoms with van der Waals surface area (Å²) in [7, 11) is 4.76. The number of carbonyl (C=O) groups is 2. The van der Waals surface area contributed by atoms with Crippen molar-refractivity contribution in [2.24, 2.45) is 0 Å². The molecule has 0 spiro atoms. The first-order valence-electron chi connectivity index (χ1n) is 10.6. The third-order valence-corrected chi connectivity index (χ3v) is 4.72. The molecule has 9 heteroatoms. The van der Waals surface area contributed by atoms with E-state index in [0.29, 0.717) is 35.1 Å². The van der Waals surface area contributed by atoms with E-state index in [4.69, 9.17) is 18.7 Å². The van der Waals surface area contributed by atoms with Gasteiger partial charge in [0, 0.05) is 25.3 Å². The summed E-state index contributed by atoms with van der Waals surface area (Å²) in [5, 5.41) is 6.70. The number of hydrogen-bond donors (Lipinski definition) is 1. The minimum Gasteiger partial charge on any atom is -0.497 e. The molecule has 2 amide bonds. The van der Waals surface area contributed by atoms with Gasteiger partial charge in [-0.25, -0.2) is 4.79 Å². The summed E-state index contributed by atoms with van der Waals surface area (Å²) in [5.74, 6) is 1.11. The second-order valence-electron chi connectivity index (χ2n) is 8.63. The first-order chi connectivity index (χ1) is 16.1. The predicted octanol–water partition coefficient (Wildman–Crippen LogP) is 4.98. The molecule has 0 saturated heterocycles. The molecule has 9 nitrogen and oxygen atoms in total. The molecule has 0 atom stereocenters. The quantitative estimate of drug-likeness (QED) is 0.523. The van der Waals surface area contributed by atoms with E-state index in [9.17, 15) is 9.59 Å². The van der Waals surface area contributed by atoms with Crippen LogP contribution in [0.15, 0.2) is 53.1 Å². The van der Waals surface area contributed by atoms with E-state index in [1.807, 2.05) is 26.8 Å². The van der Waals surface area contributed by atoms with Gasteiger partial charge in [0.25, 0.3) is 5.91 Å². The Bertz CT molecular complexity index is 1170. The summed E-state index contributed by atoms with van der Waals surface area (Å²) in [6.07, 6.45) is -0.426. The van der Waals surface area contributed by atoms with Crippen molar-refractivity contribution in [3.05, 3.63) is 59.8 Å². The molecule has 0 aliphatic heterocycles. The Morgan fingerprint density at radius 2 is 1.82 bits per heavy atom. The number of hydrogen-bond acceptors (Lipinski definition) is 7. The molecule has 0 aliphatic rings. The van der Waals surface area contributed by atoms with Crippen LogP contribution in [0.4, 0.5) is 10.5 Å². The van der Waals surface area contributed by atoms with Crippen LogP contribution in [0.2, 0.25) is 0 Å². The van der Waals surface area contributed by atoms with Gasteiger partial charge < -0.3 is 29.0 Å². The lowest BCUT2D eigenvalue weighted by Crippen LogP contribution is -2.33. The third-order valence-electron chi connectivity index (χ3n) is 4.72. The molecular weight excluding hydrogens is 438 g/mol. The molecule has 2 aromatic carbocycles. The molecule has 3 aromatic rings. The van der Waals surface area contributed by atoms with E-state index in [1.54, 1.807) is 57.7 Å². The average Bonchev–Trinajstić information content (AvgIpc) is 3.28. The molecular formula is C25H29N3O6. The van der Waals surface area contributed by atoms with Crippen LogP contribution >= 0.6 is 0 Å². The average molecular weight is 468 g/mol. The molecule has 0 radical (unpaired) electrons. The predicted molar refractivity (Wildman–Crippen MR) is 127 cm³/mol. The molecule has 0 aliphatic carbocycles. The number of carbonyl (C=O) groups excluding carboxylic acids is 2. The Hall–Kier alpha value is -4.01. The number of anilines is 1. The van der Waals surface area contributed by atoms with Gasteiger partial charge in [-0.05, 0) is 56.7 Å². The van der Waals surface area contributed by atoms with Crippen molar-refractivity contribution < 1.29 is 28.3 Å². The lowest BCUT2D eigenvalue weighted by atomic mass is 10.1. The van der Waals surface area contributed by atoms with Crippen molar-refractivity contribution >= 4 is 17.7 Å². The van der Waals surface area contributed by atoms with Crippen molar-refractivity contribution in [3.63, 3.8) is 0 Å². The van der Waals surface area contributed by atoms with E-state index in [2.05, 4.69) is 10.5 Å². The Labute approximate surface area is 198 Å². The number of amides is 2. The van der Waals surface area contributed by atoms with Crippen LogP contribution in [0.5, 0.6) is 11.5 Å². The van der Waals surface area contributed by atoms with E-state index in [0.717, 1.165) is 5.56 Å². The van der Waals surface area contributed by atoms with Crippen molar-refractivity contribution in [2.75, 3.05) is 26.6 Å². The third kappa shape index (κ3) is 6.28. The van der Waals surface area contributed by atoms with Crippen LogP contribution in [0.25, 0.3) is 11.3 Å². The number of ether oxygens (including phenoxy) is 3. The van der Waals surface area contributed by atoms with Crippen molar-refractivity contribution in [2.45, 2.75) is 32.9 Å². The molecule has 0 bridgehead atoms. The highest BCUT2D eigenvalue weighted by Crippen LogP contribution is 2.33. The molecule has 0 saturated carbocycles. The Kier molecular flexibility index (Phi) is 7.45. The number of aromatic nitrogens is 1. The zero-order valence-electron chi connectivity index (χ0n) is 20.2. The Balaban J connectivity index is 1.71. The number of nitrogens with one attached hydrogen (secondary N) is 1. The zero-order chi connectivity index (χ0) is 24.9. The fourth-order valence-electron chi connectivity index (χ4n) is 3.14. The molecule has 3 rings (SSSR count). The number of nitrogens with zero attached hydrogens (tertiary/aromatic N) is 2. The Morgan fingerprint density at radius 3 is 2.50 bits per heavy atom. The molecule has 0 unspecified atom stereocenters. The van der Waals surface area contributed by atoms with Gasteiger partial charge in [0.05, 0.1) is 19.8 Å². The topological polar surface area (TPSA) is 103 Å². The highest BCUT2D eigenvalue weighted by Gasteiger charge is 2.20. The maximum atomic E-state index is 12.8. The number of methoxy groups -OCH3 is 2. The molecule has 1 heterocycles. The minimum atomic E-state index is -0.577. The van der Waals surface area contributed by atoms with E-state index in [-0.39, 0.29) is 5.69 Å². The van der Waals surface area contributed by atoms with Gasteiger partial charge in [0.1, 0.15) is 17.1 Å². The van der Waals surface area contributed by atoms with Crippen LogP contribution in [-0.4, -0.2) is 48.9 Å². The Morgan fingerprint density at radius 1 is 1.06 bits per heavy atom. The zero-order valence-corrected chi connectivity index (χ0v) is 20.2. The first-order valence-corrected chi connectivity index (χ1v) is 10.6. The van der Waals surface area contributed by atoms with E-state index < -0.39 is 17.6 Å². The normalized spacial score (nSPS) is 11.0. The first kappa shape index (κ1) is 24.6. The summed E-state index contributed by atoms with van der Waals surface area (Å²) < 4.78 is 21.4. The van der Waals surface area contributed by atoms with Gasteiger partial charge in [-0.1, -0.05) is 17.3 Å². The van der Waals surface area contributed by atoms with Crippen LogP contribution in [-0.2, 0) is 11.3 Å². The molecule has 34 heavy (non-hydrogen) atoms. The van der Waals surface area contributed by atoms with Gasteiger partial charge in [-0.15, -0.1) is 0 Å². The largest absolute Gasteiger partial charge is 0.497 e. The second kappa shape index (κ2) is 10.3. The summed E-state index contributed by atoms with van der Waals surface area (Å²) in [4.78, 5) is 26.4. The van der Waals surface area contributed by atoms with E-state index in [1.165, 1.54) is 11.0 Å². The number of rotatable bonds is 7. The van der Waals surface area contributed by atoms with Gasteiger partial charge in [-0.3, -0.25) is 4.79 Å². The molecule has 1 aromatic heterocycles. The minimum absolute atomic E-state index is 0.108. The molecule has 0 fully saturated rings. The lowest BCUT2D eigenvalue weighted by molar-refractivity contribution is 0.0285. The fraction of sp³-hybridized carbons (Fsp3) is 0.320. The van der Waals surface area contributed by atoms with Crippen LogP contribution in [0, 0.1) is 0 Å². The van der Waals surface area contributed by atoms with Crippen LogP contribution in [0.1, 0.15) is 36.8 Å². The highest BCUT2D eigenvalue weighted by molar-refractivity contribution is 6.03. The summed E-state index contributed by atoms with van der Waals surface area (Å²) in [5.41, 5.74) is 1.53. The summed E-state index contributed by atoms with van der Waals surface area (Å²) in [6.45, 7) is 5.76. The van der Waals surface area contributed by atoms with Crippen molar-refractivity contribution in [1.29, 1.82) is 0 Å². The van der Waals surface area contributed by atoms with Gasteiger partial charge in [0.2, 0.25) is 0 Å². The maximum absolute atomic E-state index is 12.8. The molecule has 1 N–H and O–H groups in total. The van der Waals surface area contributed by atoms with E-state index >= 15 is 0 Å². The van der Waals surface area contributed by atoms with Crippen LogP contribution < -0.4 is 14.8 Å². The van der Waals surface area contributed by atoms with Crippen molar-refractivity contribution in [3.8, 4) is 22.8 Å². The SMILES string of the molecule is COc1ccc(OC)c(-c2cc(C(=O)Nc3cccc(CN(C)C(=O)OC(C)(C)C)c3)no2)c1. The smallest absolute Gasteiger partial charge is 0.410 e. The van der Waals surface area contributed by atoms with Crippen LogP contribution in [0.3, 0.4) is 0 Å². The van der Waals surface area contributed by atoms with Crippen molar-refractivity contribution in [1.82, 2.24) is 10.1 Å². The fourth-order valence-corrected chi connectivity index (χ4v) is 3.14. The van der Waals surface area contributed by atoms with Gasteiger partial charge >= 0.3 is 6.09 Å². The standard InChI is InChI=1S/C25H29N3O6/c1-25(2,3)33-24(30)28(4)15-16-8-7-9-17(12-16)26-23(29)20-14-22(34-27-20)19-13-18(31-5)10-11-21(19)32-6/h7-14H,15H2,1-6H3,(H,26,29). The van der Waals surface area contributed by atoms with Gasteiger partial charge in [0.15, 0.2) is 11.5 Å².